The average molecular weight is 312 g/mol. The molecule has 21 heavy (non-hydrogen) atoms. The molecular weight excluding hydrogens is 288 g/mol. The van der Waals surface area contributed by atoms with E-state index in [9.17, 15) is 8.42 Å². The topological polar surface area (TPSA) is 67.2 Å². The molecule has 0 amide bonds. The molecule has 0 spiro atoms. The van der Waals surface area contributed by atoms with Crippen molar-refractivity contribution >= 4 is 10.0 Å². The van der Waals surface area contributed by atoms with Crippen LogP contribution in [0.5, 0.6) is 0 Å². The molecule has 7 heteroatoms. The number of sulfonamides is 1. The van der Waals surface area contributed by atoms with Gasteiger partial charge in [-0.3, -0.25) is 4.68 Å². The fraction of sp³-hybridized carbons (Fsp3) is 0.643. The van der Waals surface area contributed by atoms with Crippen LogP contribution in [0.1, 0.15) is 26.7 Å². The van der Waals surface area contributed by atoms with E-state index in [1.165, 1.54) is 23.3 Å². The minimum atomic E-state index is -3.49. The van der Waals surface area contributed by atoms with Gasteiger partial charge in [0.05, 0.1) is 12.7 Å². The van der Waals surface area contributed by atoms with E-state index in [0.29, 0.717) is 25.7 Å². The molecule has 0 aromatic carbocycles. The van der Waals surface area contributed by atoms with Crippen molar-refractivity contribution in [1.29, 1.82) is 0 Å². The lowest BCUT2D eigenvalue weighted by molar-refractivity contribution is 0.452. The molecule has 0 radical (unpaired) electrons. The van der Waals surface area contributed by atoms with Crippen molar-refractivity contribution in [2.75, 3.05) is 19.6 Å². The smallest absolute Gasteiger partial charge is 0.246 e. The lowest BCUT2D eigenvalue weighted by Gasteiger charge is -2.19. The predicted octanol–water partition coefficient (Wildman–Crippen LogP) is 1.22. The van der Waals surface area contributed by atoms with Crippen LogP contribution < -0.4 is 5.32 Å². The number of rotatable bonds is 9. The van der Waals surface area contributed by atoms with E-state index < -0.39 is 10.0 Å². The number of hydrogen-bond donors (Lipinski definition) is 1. The monoisotopic (exact) mass is 312 g/mol. The first kappa shape index (κ1) is 16.2. The Labute approximate surface area is 126 Å². The number of likely N-dealkylation sites (N-methyl/N-ethyl adjacent to an activating group) is 1. The maximum Gasteiger partial charge on any atom is 0.246 e. The van der Waals surface area contributed by atoms with E-state index in [2.05, 4.69) is 17.0 Å². The molecule has 118 valence electrons. The molecule has 0 saturated heterocycles. The molecule has 1 aliphatic carbocycles. The minimum Gasteiger partial charge on any atom is -0.312 e. The van der Waals surface area contributed by atoms with Crippen LogP contribution in [0.2, 0.25) is 0 Å². The summed E-state index contributed by atoms with van der Waals surface area (Å²) in [6, 6.07) is 0.648. The van der Waals surface area contributed by atoms with Crippen molar-refractivity contribution in [3.8, 4) is 0 Å². The van der Waals surface area contributed by atoms with E-state index in [4.69, 9.17) is 0 Å². The summed E-state index contributed by atoms with van der Waals surface area (Å²) in [4.78, 5) is 0.247. The molecule has 1 N–H and O–H groups in total. The Morgan fingerprint density at radius 2 is 2.29 bits per heavy atom. The average Bonchev–Trinajstić information content (AvgIpc) is 3.11. The molecule has 0 unspecified atom stereocenters. The van der Waals surface area contributed by atoms with Gasteiger partial charge >= 0.3 is 0 Å². The zero-order valence-corrected chi connectivity index (χ0v) is 13.6. The Morgan fingerprint density at radius 3 is 2.86 bits per heavy atom. The fourth-order valence-electron chi connectivity index (χ4n) is 2.09. The van der Waals surface area contributed by atoms with E-state index in [0.717, 1.165) is 12.1 Å². The second-order valence-corrected chi connectivity index (χ2v) is 7.49. The van der Waals surface area contributed by atoms with Crippen molar-refractivity contribution in [2.24, 2.45) is 0 Å². The molecule has 0 atom stereocenters. The first-order chi connectivity index (χ1) is 9.93. The van der Waals surface area contributed by atoms with Gasteiger partial charge in [0.1, 0.15) is 4.90 Å². The van der Waals surface area contributed by atoms with Gasteiger partial charge in [0.15, 0.2) is 0 Å². The summed E-state index contributed by atoms with van der Waals surface area (Å²) in [5.74, 6) is 0. The highest BCUT2D eigenvalue weighted by atomic mass is 32.2. The van der Waals surface area contributed by atoms with Crippen LogP contribution in [0.3, 0.4) is 0 Å². The summed E-state index contributed by atoms with van der Waals surface area (Å²) >= 11 is 0. The normalized spacial score (nSPS) is 15.6. The standard InChI is InChI=1S/C14H24N4O2S/c1-4-18(10-12(2)3)21(19,20)14-9-16-17(11-14)8-7-15-13-5-6-13/h9,11,13,15H,2,4-8,10H2,1,3H3. The summed E-state index contributed by atoms with van der Waals surface area (Å²) in [5.41, 5.74) is 0.821. The third kappa shape index (κ3) is 4.39. The Hall–Kier alpha value is -1.18. The van der Waals surface area contributed by atoms with Crippen LogP contribution >= 0.6 is 0 Å². The zero-order valence-electron chi connectivity index (χ0n) is 12.7. The predicted molar refractivity (Wildman–Crippen MR) is 82.5 cm³/mol. The van der Waals surface area contributed by atoms with E-state index in [-0.39, 0.29) is 4.90 Å². The van der Waals surface area contributed by atoms with Crippen molar-refractivity contribution < 1.29 is 8.42 Å². The fourth-order valence-corrected chi connectivity index (χ4v) is 3.55. The Morgan fingerprint density at radius 1 is 1.57 bits per heavy atom. The number of hydrogen-bond acceptors (Lipinski definition) is 4. The summed E-state index contributed by atoms with van der Waals surface area (Å²) in [5, 5.41) is 7.52. The Balaban J connectivity index is 2.01. The van der Waals surface area contributed by atoms with Crippen molar-refractivity contribution in [2.45, 2.75) is 44.2 Å². The van der Waals surface area contributed by atoms with Gasteiger partial charge in [0, 0.05) is 31.9 Å². The van der Waals surface area contributed by atoms with E-state index in [1.807, 2.05) is 13.8 Å². The summed E-state index contributed by atoms with van der Waals surface area (Å²) in [7, 11) is -3.49. The highest BCUT2D eigenvalue weighted by Crippen LogP contribution is 2.18. The second kappa shape index (κ2) is 6.72. The van der Waals surface area contributed by atoms with Gasteiger partial charge < -0.3 is 5.32 Å². The second-order valence-electron chi connectivity index (χ2n) is 5.56. The summed E-state index contributed by atoms with van der Waals surface area (Å²) in [6.07, 6.45) is 5.51. The molecule has 0 aliphatic heterocycles. The van der Waals surface area contributed by atoms with Crippen LogP contribution in [-0.4, -0.2) is 48.2 Å². The summed E-state index contributed by atoms with van der Waals surface area (Å²) < 4.78 is 28.1. The zero-order chi connectivity index (χ0) is 15.5. The first-order valence-electron chi connectivity index (χ1n) is 7.34. The van der Waals surface area contributed by atoms with Gasteiger partial charge in [0.2, 0.25) is 10.0 Å². The van der Waals surface area contributed by atoms with Crippen LogP contribution in [0.15, 0.2) is 29.4 Å². The highest BCUT2D eigenvalue weighted by molar-refractivity contribution is 7.89. The molecule has 6 nitrogen and oxygen atoms in total. The number of nitrogens with one attached hydrogen (secondary N) is 1. The van der Waals surface area contributed by atoms with Crippen molar-refractivity contribution in [3.05, 3.63) is 24.5 Å². The minimum absolute atomic E-state index is 0.247. The third-order valence-electron chi connectivity index (χ3n) is 3.40. The number of aromatic nitrogens is 2. The third-order valence-corrected chi connectivity index (χ3v) is 5.27. The SMILES string of the molecule is C=C(C)CN(CC)S(=O)(=O)c1cnn(CCNC2CC2)c1. The molecule has 0 bridgehead atoms. The molecule has 1 fully saturated rings. The molecular formula is C14H24N4O2S. The van der Waals surface area contributed by atoms with Gasteiger partial charge in [-0.05, 0) is 19.8 Å². The molecule has 1 aliphatic rings. The van der Waals surface area contributed by atoms with Gasteiger partial charge in [0.25, 0.3) is 0 Å². The maximum atomic E-state index is 12.5. The Bertz CT molecular complexity index is 590. The van der Waals surface area contributed by atoms with Crippen LogP contribution in [0.4, 0.5) is 0 Å². The molecule has 1 aromatic rings. The molecule has 1 heterocycles. The number of nitrogens with zero attached hydrogens (tertiary/aromatic N) is 3. The van der Waals surface area contributed by atoms with Gasteiger partial charge in [-0.2, -0.15) is 9.40 Å². The first-order valence-corrected chi connectivity index (χ1v) is 8.78. The molecule has 1 saturated carbocycles. The lowest BCUT2D eigenvalue weighted by atomic mass is 10.3. The maximum absolute atomic E-state index is 12.5. The van der Waals surface area contributed by atoms with Gasteiger partial charge in [-0.25, -0.2) is 8.42 Å². The van der Waals surface area contributed by atoms with Crippen LogP contribution in [0.25, 0.3) is 0 Å². The highest BCUT2D eigenvalue weighted by Gasteiger charge is 2.24. The molecule has 2 rings (SSSR count). The quantitative estimate of drug-likeness (QED) is 0.696. The van der Waals surface area contributed by atoms with Crippen molar-refractivity contribution in [1.82, 2.24) is 19.4 Å². The Kier molecular flexibility index (Phi) is 5.18. The van der Waals surface area contributed by atoms with Crippen molar-refractivity contribution in [3.63, 3.8) is 0 Å². The lowest BCUT2D eigenvalue weighted by Crippen LogP contribution is -2.32. The van der Waals surface area contributed by atoms with E-state index >= 15 is 0 Å². The molecule has 1 aromatic heterocycles. The van der Waals surface area contributed by atoms with Crippen LogP contribution in [0, 0.1) is 0 Å². The van der Waals surface area contributed by atoms with Gasteiger partial charge in [-0.15, -0.1) is 0 Å². The largest absolute Gasteiger partial charge is 0.312 e. The van der Waals surface area contributed by atoms with E-state index in [1.54, 1.807) is 10.9 Å². The van der Waals surface area contributed by atoms with Gasteiger partial charge in [-0.1, -0.05) is 19.1 Å². The van der Waals surface area contributed by atoms with Crippen LogP contribution in [-0.2, 0) is 16.6 Å². The summed E-state index contributed by atoms with van der Waals surface area (Å²) in [6.45, 7) is 9.69.